The highest BCUT2D eigenvalue weighted by Crippen LogP contribution is 2.02. The van der Waals surface area contributed by atoms with Crippen LogP contribution in [0.4, 0.5) is 4.39 Å². The van der Waals surface area contributed by atoms with Crippen LogP contribution in [0.1, 0.15) is 10.4 Å². The van der Waals surface area contributed by atoms with E-state index in [0.29, 0.717) is 12.1 Å². The number of hydrogen-bond donors (Lipinski definition) is 2. The molecule has 1 atom stereocenters. The summed E-state index contributed by atoms with van der Waals surface area (Å²) in [4.78, 5) is 13.4. The van der Waals surface area contributed by atoms with Gasteiger partial charge in [0.25, 0.3) is 5.91 Å². The molecule has 2 N–H and O–H groups in total. The summed E-state index contributed by atoms with van der Waals surface area (Å²) >= 11 is 0. The van der Waals surface area contributed by atoms with Crippen molar-refractivity contribution < 1.29 is 14.3 Å². The summed E-state index contributed by atoms with van der Waals surface area (Å²) in [6, 6.07) is 5.27. The minimum absolute atomic E-state index is 0.175. The normalized spacial score (nSPS) is 12.5. The van der Waals surface area contributed by atoms with Crippen LogP contribution in [0.2, 0.25) is 0 Å². The average Bonchev–Trinajstić information content (AvgIpc) is 2.26. The van der Waals surface area contributed by atoms with Gasteiger partial charge in [0.1, 0.15) is 5.82 Å². The molecule has 0 saturated heterocycles. The molecule has 0 fully saturated rings. The van der Waals surface area contributed by atoms with E-state index < -0.39 is 6.10 Å². The van der Waals surface area contributed by atoms with Crippen molar-refractivity contribution >= 4 is 5.91 Å². The van der Waals surface area contributed by atoms with E-state index in [-0.39, 0.29) is 18.3 Å². The van der Waals surface area contributed by atoms with Crippen molar-refractivity contribution in [2.75, 3.05) is 27.2 Å². The van der Waals surface area contributed by atoms with Crippen LogP contribution in [0.25, 0.3) is 0 Å². The fourth-order valence-electron chi connectivity index (χ4n) is 1.40. The summed E-state index contributed by atoms with van der Waals surface area (Å²) < 4.78 is 12.6. The smallest absolute Gasteiger partial charge is 0.251 e. The predicted octanol–water partition coefficient (Wildman–Crippen LogP) is 0.478. The second-order valence-electron chi connectivity index (χ2n) is 4.13. The maximum atomic E-state index is 12.6. The summed E-state index contributed by atoms with van der Waals surface area (Å²) in [7, 11) is 3.68. The van der Waals surface area contributed by atoms with Gasteiger partial charge in [-0.05, 0) is 38.4 Å². The molecule has 17 heavy (non-hydrogen) atoms. The van der Waals surface area contributed by atoms with Gasteiger partial charge in [0, 0.05) is 18.7 Å². The first-order chi connectivity index (χ1) is 7.99. The first-order valence-electron chi connectivity index (χ1n) is 5.35. The molecular weight excluding hydrogens is 223 g/mol. The monoisotopic (exact) mass is 240 g/mol. The van der Waals surface area contributed by atoms with E-state index in [1.807, 2.05) is 19.0 Å². The van der Waals surface area contributed by atoms with Gasteiger partial charge in [-0.25, -0.2) is 4.39 Å². The van der Waals surface area contributed by atoms with Crippen LogP contribution in [-0.4, -0.2) is 49.2 Å². The zero-order valence-electron chi connectivity index (χ0n) is 9.98. The van der Waals surface area contributed by atoms with Crippen LogP contribution in [-0.2, 0) is 0 Å². The molecule has 1 aromatic rings. The Morgan fingerprint density at radius 2 is 2.00 bits per heavy atom. The van der Waals surface area contributed by atoms with Crippen molar-refractivity contribution in [1.82, 2.24) is 10.2 Å². The van der Waals surface area contributed by atoms with Gasteiger partial charge in [-0.15, -0.1) is 0 Å². The van der Waals surface area contributed by atoms with Crippen LogP contribution in [0.5, 0.6) is 0 Å². The zero-order chi connectivity index (χ0) is 12.8. The highest BCUT2D eigenvalue weighted by atomic mass is 19.1. The SMILES string of the molecule is CN(C)CC(O)CNC(=O)c1ccc(F)cc1. The lowest BCUT2D eigenvalue weighted by molar-refractivity contribution is 0.0892. The number of hydrogen-bond acceptors (Lipinski definition) is 3. The molecule has 0 aliphatic rings. The first-order valence-corrected chi connectivity index (χ1v) is 5.35. The lowest BCUT2D eigenvalue weighted by Gasteiger charge is -2.16. The van der Waals surface area contributed by atoms with Crippen molar-refractivity contribution in [2.24, 2.45) is 0 Å². The number of likely N-dealkylation sites (N-methyl/N-ethyl adjacent to an activating group) is 1. The second kappa shape index (κ2) is 6.32. The molecule has 1 rings (SSSR count). The third-order valence-electron chi connectivity index (χ3n) is 2.18. The van der Waals surface area contributed by atoms with E-state index in [2.05, 4.69) is 5.32 Å². The lowest BCUT2D eigenvalue weighted by atomic mass is 10.2. The number of rotatable bonds is 5. The van der Waals surface area contributed by atoms with Gasteiger partial charge in [-0.2, -0.15) is 0 Å². The molecule has 1 unspecified atom stereocenters. The minimum Gasteiger partial charge on any atom is -0.390 e. The molecule has 0 saturated carbocycles. The van der Waals surface area contributed by atoms with Crippen LogP contribution in [0.3, 0.4) is 0 Å². The lowest BCUT2D eigenvalue weighted by Crippen LogP contribution is -2.37. The number of halogens is 1. The summed E-state index contributed by atoms with van der Waals surface area (Å²) in [5.41, 5.74) is 0.378. The predicted molar refractivity (Wildman–Crippen MR) is 63.3 cm³/mol. The summed E-state index contributed by atoms with van der Waals surface area (Å²) in [5.74, 6) is -0.697. The van der Waals surface area contributed by atoms with Crippen molar-refractivity contribution in [3.63, 3.8) is 0 Å². The van der Waals surface area contributed by atoms with Gasteiger partial charge in [-0.1, -0.05) is 0 Å². The summed E-state index contributed by atoms with van der Waals surface area (Å²) in [6.07, 6.45) is -0.616. The van der Waals surface area contributed by atoms with Gasteiger partial charge < -0.3 is 15.3 Å². The van der Waals surface area contributed by atoms with Gasteiger partial charge in [0.15, 0.2) is 0 Å². The van der Waals surface area contributed by atoms with E-state index >= 15 is 0 Å². The molecule has 0 bridgehead atoms. The third-order valence-corrected chi connectivity index (χ3v) is 2.18. The number of nitrogens with one attached hydrogen (secondary N) is 1. The van der Waals surface area contributed by atoms with Gasteiger partial charge >= 0.3 is 0 Å². The Kier molecular flexibility index (Phi) is 5.06. The van der Waals surface area contributed by atoms with E-state index in [1.54, 1.807) is 0 Å². The van der Waals surface area contributed by atoms with E-state index in [1.165, 1.54) is 24.3 Å². The largest absolute Gasteiger partial charge is 0.390 e. The Labute approximate surface area is 100 Å². The fourth-order valence-corrected chi connectivity index (χ4v) is 1.40. The molecule has 5 heteroatoms. The summed E-state index contributed by atoms with van der Waals surface area (Å²) in [5, 5.41) is 12.1. The van der Waals surface area contributed by atoms with Crippen molar-refractivity contribution in [2.45, 2.75) is 6.10 Å². The average molecular weight is 240 g/mol. The Morgan fingerprint density at radius 1 is 1.41 bits per heavy atom. The molecule has 1 amide bonds. The molecule has 0 aromatic heterocycles. The van der Waals surface area contributed by atoms with Crippen LogP contribution < -0.4 is 5.32 Å². The fraction of sp³-hybridized carbons (Fsp3) is 0.417. The van der Waals surface area contributed by atoms with Crippen LogP contribution in [0.15, 0.2) is 24.3 Å². The Hall–Kier alpha value is -1.46. The van der Waals surface area contributed by atoms with Crippen molar-refractivity contribution in [3.8, 4) is 0 Å². The van der Waals surface area contributed by atoms with Crippen LogP contribution >= 0.6 is 0 Å². The minimum atomic E-state index is -0.616. The van der Waals surface area contributed by atoms with Crippen LogP contribution in [0, 0.1) is 5.82 Å². The van der Waals surface area contributed by atoms with Crippen molar-refractivity contribution in [1.29, 1.82) is 0 Å². The molecule has 0 heterocycles. The maximum absolute atomic E-state index is 12.6. The number of carbonyl (C=O) groups excluding carboxylic acids is 1. The molecule has 0 aliphatic carbocycles. The molecule has 94 valence electrons. The second-order valence-corrected chi connectivity index (χ2v) is 4.13. The topological polar surface area (TPSA) is 52.6 Å². The number of benzene rings is 1. The molecule has 1 aromatic carbocycles. The number of aliphatic hydroxyl groups excluding tert-OH is 1. The van der Waals surface area contributed by atoms with E-state index in [4.69, 9.17) is 0 Å². The number of amides is 1. The maximum Gasteiger partial charge on any atom is 0.251 e. The molecular formula is C12H17FN2O2. The number of carbonyl (C=O) groups is 1. The zero-order valence-corrected chi connectivity index (χ0v) is 9.98. The molecule has 0 aliphatic heterocycles. The Morgan fingerprint density at radius 3 is 2.53 bits per heavy atom. The Bertz CT molecular complexity index is 365. The summed E-state index contributed by atoms with van der Waals surface area (Å²) in [6.45, 7) is 0.651. The number of nitrogens with zero attached hydrogens (tertiary/aromatic N) is 1. The van der Waals surface area contributed by atoms with E-state index in [0.717, 1.165) is 0 Å². The van der Waals surface area contributed by atoms with Gasteiger partial charge in [0.2, 0.25) is 0 Å². The standard InChI is InChI=1S/C12H17FN2O2/c1-15(2)8-11(16)7-14-12(17)9-3-5-10(13)6-4-9/h3-6,11,16H,7-8H2,1-2H3,(H,14,17). The van der Waals surface area contributed by atoms with Gasteiger partial charge in [0.05, 0.1) is 6.10 Å². The molecule has 0 spiro atoms. The Balaban J connectivity index is 2.42. The van der Waals surface area contributed by atoms with E-state index in [9.17, 15) is 14.3 Å². The highest BCUT2D eigenvalue weighted by Gasteiger charge is 2.09. The van der Waals surface area contributed by atoms with Crippen molar-refractivity contribution in [3.05, 3.63) is 35.6 Å². The highest BCUT2D eigenvalue weighted by molar-refractivity contribution is 5.94. The van der Waals surface area contributed by atoms with Gasteiger partial charge in [-0.3, -0.25) is 4.79 Å². The quantitative estimate of drug-likeness (QED) is 0.787. The first kappa shape index (κ1) is 13.6. The third kappa shape index (κ3) is 4.93. The number of aliphatic hydroxyl groups is 1. The molecule has 0 radical (unpaired) electrons. The molecule has 4 nitrogen and oxygen atoms in total.